The number of carbonyl (C=O) groups is 1. The Morgan fingerprint density at radius 3 is 2.52 bits per heavy atom. The third-order valence-electron chi connectivity index (χ3n) is 5.11. The number of benzene rings is 1. The van der Waals surface area contributed by atoms with Crippen molar-refractivity contribution in [2.24, 2.45) is 5.92 Å². The van der Waals surface area contributed by atoms with Crippen molar-refractivity contribution in [3.8, 4) is 0 Å². The van der Waals surface area contributed by atoms with Crippen LogP contribution >= 0.6 is 0 Å². The molecule has 1 aliphatic heterocycles. The first-order chi connectivity index (χ1) is 10.9. The Morgan fingerprint density at radius 1 is 1.26 bits per heavy atom. The second kappa shape index (κ2) is 6.24. The van der Waals surface area contributed by atoms with Crippen molar-refractivity contribution >= 4 is 15.7 Å². The fourth-order valence-corrected chi connectivity index (χ4v) is 4.80. The van der Waals surface area contributed by atoms with E-state index in [-0.39, 0.29) is 11.9 Å². The summed E-state index contributed by atoms with van der Waals surface area (Å²) in [4.78, 5) is 12.7. The number of nitrogens with one attached hydrogen (secondary N) is 2. The normalized spacial score (nSPS) is 26.5. The molecule has 1 saturated carbocycles. The highest BCUT2D eigenvalue weighted by Crippen LogP contribution is 2.36. The van der Waals surface area contributed by atoms with Crippen LogP contribution in [0.1, 0.15) is 24.8 Å². The highest BCUT2D eigenvalue weighted by Gasteiger charge is 2.51. The average Bonchev–Trinajstić information content (AvgIpc) is 3.25. The Bertz CT molecular complexity index is 666. The summed E-state index contributed by atoms with van der Waals surface area (Å²) >= 11 is 0. The van der Waals surface area contributed by atoms with Gasteiger partial charge >= 0.3 is 0 Å². The molecule has 2 aliphatic rings. The quantitative estimate of drug-likeness (QED) is 0.838. The second-order valence-corrected chi connectivity index (χ2v) is 9.11. The molecule has 0 spiro atoms. The van der Waals surface area contributed by atoms with Crippen LogP contribution in [0.25, 0.3) is 0 Å². The molecule has 1 aromatic carbocycles. The summed E-state index contributed by atoms with van der Waals surface area (Å²) in [6.45, 7) is 1.14. The first-order valence-electron chi connectivity index (χ1n) is 8.18. The Hall–Kier alpha value is -1.40. The molecule has 23 heavy (non-hydrogen) atoms. The van der Waals surface area contributed by atoms with Gasteiger partial charge in [-0.1, -0.05) is 30.3 Å². The van der Waals surface area contributed by atoms with Gasteiger partial charge in [0, 0.05) is 12.3 Å². The van der Waals surface area contributed by atoms with Gasteiger partial charge in [0.1, 0.15) is 0 Å². The molecular weight excluding hydrogens is 312 g/mol. The van der Waals surface area contributed by atoms with Crippen molar-refractivity contribution in [2.75, 3.05) is 19.3 Å². The van der Waals surface area contributed by atoms with E-state index in [1.54, 1.807) is 0 Å². The standard InChI is InChI=1S/C17H24N2O3S/c1-23(21,22)17(7-9-18-10-8-17)16(20)19-15-12-14(15)11-13-5-3-2-4-6-13/h2-6,14-15,18H,7-12H2,1H3,(H,19,20). The van der Waals surface area contributed by atoms with Crippen molar-refractivity contribution in [2.45, 2.75) is 36.5 Å². The van der Waals surface area contributed by atoms with Crippen LogP contribution in [0.3, 0.4) is 0 Å². The van der Waals surface area contributed by atoms with Gasteiger partial charge in [-0.15, -0.1) is 0 Å². The fraction of sp³-hybridized carbons (Fsp3) is 0.588. The Kier molecular flexibility index (Phi) is 4.47. The molecule has 1 heterocycles. The topological polar surface area (TPSA) is 75.3 Å². The molecule has 2 fully saturated rings. The average molecular weight is 336 g/mol. The lowest BCUT2D eigenvalue weighted by atomic mass is 9.95. The summed E-state index contributed by atoms with van der Waals surface area (Å²) in [5.41, 5.74) is 1.26. The smallest absolute Gasteiger partial charge is 0.241 e. The molecule has 2 N–H and O–H groups in total. The van der Waals surface area contributed by atoms with Gasteiger partial charge in [0.25, 0.3) is 0 Å². The molecule has 1 saturated heterocycles. The summed E-state index contributed by atoms with van der Waals surface area (Å²) in [5, 5.41) is 6.13. The maximum absolute atomic E-state index is 12.7. The summed E-state index contributed by atoms with van der Waals surface area (Å²) in [7, 11) is -3.43. The summed E-state index contributed by atoms with van der Waals surface area (Å²) in [6, 6.07) is 10.3. The van der Waals surface area contributed by atoms with Crippen molar-refractivity contribution in [1.82, 2.24) is 10.6 Å². The molecule has 0 radical (unpaired) electrons. The van der Waals surface area contributed by atoms with Gasteiger partial charge in [0.05, 0.1) is 0 Å². The maximum atomic E-state index is 12.7. The van der Waals surface area contributed by atoms with Crippen LogP contribution in [0.4, 0.5) is 0 Å². The third kappa shape index (κ3) is 3.43. The van der Waals surface area contributed by atoms with Gasteiger partial charge < -0.3 is 10.6 Å². The van der Waals surface area contributed by atoms with Crippen LogP contribution in [0.2, 0.25) is 0 Å². The predicted octanol–water partition coefficient (Wildman–Crippen LogP) is 0.901. The zero-order valence-corrected chi connectivity index (χ0v) is 14.2. The van der Waals surface area contributed by atoms with Gasteiger partial charge in [0.2, 0.25) is 5.91 Å². The van der Waals surface area contributed by atoms with Crippen LogP contribution in [-0.4, -0.2) is 44.5 Å². The number of carbonyl (C=O) groups excluding carboxylic acids is 1. The van der Waals surface area contributed by atoms with E-state index in [2.05, 4.69) is 22.8 Å². The van der Waals surface area contributed by atoms with Gasteiger partial charge in [-0.25, -0.2) is 8.42 Å². The molecule has 6 heteroatoms. The largest absolute Gasteiger partial charge is 0.352 e. The minimum atomic E-state index is -3.43. The number of amides is 1. The monoisotopic (exact) mass is 336 g/mol. The van der Waals surface area contributed by atoms with Crippen LogP contribution < -0.4 is 10.6 Å². The molecule has 1 aliphatic carbocycles. The lowest BCUT2D eigenvalue weighted by molar-refractivity contribution is -0.124. The van der Waals surface area contributed by atoms with E-state index in [1.807, 2.05) is 18.2 Å². The van der Waals surface area contributed by atoms with Crippen molar-refractivity contribution in [1.29, 1.82) is 0 Å². The van der Waals surface area contributed by atoms with E-state index in [0.29, 0.717) is 31.8 Å². The van der Waals surface area contributed by atoms with Crippen LogP contribution in [0.5, 0.6) is 0 Å². The molecule has 2 unspecified atom stereocenters. The number of hydrogen-bond acceptors (Lipinski definition) is 4. The molecule has 126 valence electrons. The molecule has 2 atom stereocenters. The van der Waals surface area contributed by atoms with Crippen LogP contribution in [0.15, 0.2) is 30.3 Å². The maximum Gasteiger partial charge on any atom is 0.241 e. The number of sulfone groups is 1. The Labute approximate surface area is 137 Å². The van der Waals surface area contributed by atoms with Crippen molar-refractivity contribution < 1.29 is 13.2 Å². The highest BCUT2D eigenvalue weighted by molar-refractivity contribution is 7.92. The van der Waals surface area contributed by atoms with Crippen molar-refractivity contribution in [3.05, 3.63) is 35.9 Å². The van der Waals surface area contributed by atoms with E-state index in [9.17, 15) is 13.2 Å². The van der Waals surface area contributed by atoms with E-state index >= 15 is 0 Å². The molecule has 5 nitrogen and oxygen atoms in total. The van der Waals surface area contributed by atoms with Crippen LogP contribution in [0, 0.1) is 5.92 Å². The lowest BCUT2D eigenvalue weighted by Gasteiger charge is -2.34. The zero-order valence-electron chi connectivity index (χ0n) is 13.4. The van der Waals surface area contributed by atoms with Gasteiger partial charge in [-0.05, 0) is 50.3 Å². The lowest BCUT2D eigenvalue weighted by Crippen LogP contribution is -2.57. The van der Waals surface area contributed by atoms with Gasteiger partial charge in [-0.3, -0.25) is 4.79 Å². The molecule has 3 rings (SSSR count). The second-order valence-electron chi connectivity index (χ2n) is 6.78. The number of rotatable bonds is 5. The molecule has 1 amide bonds. The first-order valence-corrected chi connectivity index (χ1v) is 10.1. The first kappa shape index (κ1) is 16.5. The van der Waals surface area contributed by atoms with E-state index in [1.165, 1.54) is 11.8 Å². The Morgan fingerprint density at radius 2 is 1.91 bits per heavy atom. The molecule has 0 bridgehead atoms. The number of hydrogen-bond donors (Lipinski definition) is 2. The molecule has 1 aromatic rings. The fourth-order valence-electron chi connectivity index (χ4n) is 3.46. The highest BCUT2D eigenvalue weighted by atomic mass is 32.2. The minimum Gasteiger partial charge on any atom is -0.352 e. The third-order valence-corrected chi connectivity index (χ3v) is 7.13. The van der Waals surface area contributed by atoms with Crippen LogP contribution in [-0.2, 0) is 21.1 Å². The van der Waals surface area contributed by atoms with Gasteiger partial charge in [0.15, 0.2) is 14.6 Å². The molecule has 0 aromatic heterocycles. The number of piperidine rings is 1. The summed E-state index contributed by atoms with van der Waals surface area (Å²) in [6.07, 6.45) is 3.76. The zero-order chi connectivity index (χ0) is 16.5. The predicted molar refractivity (Wildman–Crippen MR) is 89.9 cm³/mol. The summed E-state index contributed by atoms with van der Waals surface area (Å²) < 4.78 is 23.2. The van der Waals surface area contributed by atoms with Crippen molar-refractivity contribution in [3.63, 3.8) is 0 Å². The van der Waals surface area contributed by atoms with Gasteiger partial charge in [-0.2, -0.15) is 0 Å². The van der Waals surface area contributed by atoms with E-state index in [0.717, 1.165) is 12.8 Å². The minimum absolute atomic E-state index is 0.108. The van der Waals surface area contributed by atoms with E-state index in [4.69, 9.17) is 0 Å². The van der Waals surface area contributed by atoms with E-state index < -0.39 is 14.6 Å². The Balaban J connectivity index is 1.63. The molecular formula is C17H24N2O3S. The summed E-state index contributed by atoms with van der Waals surface area (Å²) in [5.74, 6) is 0.113. The SMILES string of the molecule is CS(=O)(=O)C1(C(=O)NC2CC2Cc2ccccc2)CCNCC1.